The standard InChI is InChI=1S/C41H43O8P/c1-42-34-24-43-40(28-14-4-2-5-15-28)45-38(34)39-35(25-44-41(46-39)29-16-6-3-7-17-29)49-50-47-32-22-20-26-12-8-10-18-30(26)36(32)37-31-19-11-9-13-27(31)21-23-33(37)48-50/h2-7,14-17,20-23,34-35,38-41H,8-13,18-19,24-25H2,1H3/t34-,35-,38-,39-,40?,41?/m1/s1. The fraction of sp³-hybridized carbons (Fsp3) is 0.415. The summed E-state index contributed by atoms with van der Waals surface area (Å²) in [6.45, 7) is 0.583. The molecule has 1 aromatic heterocycles. The summed E-state index contributed by atoms with van der Waals surface area (Å²) in [4.78, 5) is 0. The van der Waals surface area contributed by atoms with Gasteiger partial charge in [0.2, 0.25) is 0 Å². The lowest BCUT2D eigenvalue weighted by atomic mass is 9.84. The molecule has 260 valence electrons. The Morgan fingerprint density at radius 2 is 1.04 bits per heavy atom. The SMILES string of the molecule is CO[C@@H]1COC(c2ccccc2)O[C@H]1[C@@H]1OC(c2ccccc2)OC[C@H]1Op1oc2ccc3c(c2c2c4c(ccc2o1)CCCC4)CCCC3. The summed E-state index contributed by atoms with van der Waals surface area (Å²) in [5.41, 5.74) is 9.13. The van der Waals surface area contributed by atoms with Crippen LogP contribution in [0.2, 0.25) is 0 Å². The molecule has 4 aromatic carbocycles. The zero-order valence-electron chi connectivity index (χ0n) is 28.3. The molecule has 2 aliphatic carbocycles. The van der Waals surface area contributed by atoms with Gasteiger partial charge in [-0.2, -0.15) is 0 Å². The molecule has 2 unspecified atom stereocenters. The maximum atomic E-state index is 6.89. The van der Waals surface area contributed by atoms with Crippen LogP contribution in [-0.4, -0.2) is 44.7 Å². The lowest BCUT2D eigenvalue weighted by Crippen LogP contribution is -2.57. The van der Waals surface area contributed by atoms with E-state index in [1.165, 1.54) is 58.7 Å². The van der Waals surface area contributed by atoms with Crippen molar-refractivity contribution in [3.05, 3.63) is 118 Å². The Labute approximate surface area is 293 Å². The lowest BCUT2D eigenvalue weighted by molar-refractivity contribution is -0.329. The first-order valence-corrected chi connectivity index (χ1v) is 19.1. The fourth-order valence-corrected chi connectivity index (χ4v) is 9.33. The van der Waals surface area contributed by atoms with Gasteiger partial charge in [-0.25, -0.2) is 0 Å². The van der Waals surface area contributed by atoms with Gasteiger partial charge in [-0.05, 0) is 85.8 Å². The van der Waals surface area contributed by atoms with E-state index in [1.807, 2.05) is 60.7 Å². The topological polar surface area (TPSA) is 81.7 Å². The van der Waals surface area contributed by atoms with Gasteiger partial charge in [0.05, 0.1) is 13.2 Å². The van der Waals surface area contributed by atoms with Crippen molar-refractivity contribution in [1.82, 2.24) is 0 Å². The molecule has 9 heteroatoms. The zero-order chi connectivity index (χ0) is 33.4. The van der Waals surface area contributed by atoms with Gasteiger partial charge in [-0.15, -0.1) is 0 Å². The van der Waals surface area contributed by atoms with E-state index in [2.05, 4.69) is 24.3 Å². The van der Waals surface area contributed by atoms with Gasteiger partial charge in [0.25, 0.3) is 0 Å². The molecule has 2 saturated heterocycles. The van der Waals surface area contributed by atoms with Crippen LogP contribution in [0.15, 0.2) is 93.3 Å². The summed E-state index contributed by atoms with van der Waals surface area (Å²) >= 11 is 0. The Balaban J connectivity index is 1.14. The summed E-state index contributed by atoms with van der Waals surface area (Å²) in [7, 11) is -0.224. The molecule has 4 aliphatic rings. The lowest BCUT2D eigenvalue weighted by Gasteiger charge is -2.44. The van der Waals surface area contributed by atoms with Gasteiger partial charge in [0.15, 0.2) is 12.6 Å². The number of fused-ring (bicyclic) bond motifs is 7. The second-order valence-corrected chi connectivity index (χ2v) is 14.8. The van der Waals surface area contributed by atoms with Crippen molar-refractivity contribution in [3.8, 4) is 0 Å². The smallest absolute Gasteiger partial charge is 0.387 e. The minimum absolute atomic E-state index is 0.247. The van der Waals surface area contributed by atoms with E-state index in [-0.39, 0.29) is 6.61 Å². The summed E-state index contributed by atoms with van der Waals surface area (Å²) in [5.74, 6) is 0. The molecule has 0 radical (unpaired) electrons. The molecule has 0 N–H and O–H groups in total. The minimum Gasteiger partial charge on any atom is -0.399 e. The molecule has 0 amide bonds. The normalized spacial score (nSPS) is 26.7. The van der Waals surface area contributed by atoms with Crippen molar-refractivity contribution in [2.75, 3.05) is 20.3 Å². The average molecular weight is 695 g/mol. The second-order valence-electron chi connectivity index (χ2n) is 13.7. The average Bonchev–Trinajstić information content (AvgIpc) is 3.35. The van der Waals surface area contributed by atoms with Crippen LogP contribution in [0.25, 0.3) is 21.9 Å². The van der Waals surface area contributed by atoms with E-state index in [0.717, 1.165) is 48.0 Å². The maximum Gasteiger partial charge on any atom is 0.387 e. The van der Waals surface area contributed by atoms with E-state index in [0.29, 0.717) is 6.61 Å². The number of aryl methyl sites for hydroxylation is 4. The first-order valence-electron chi connectivity index (χ1n) is 18.0. The highest BCUT2D eigenvalue weighted by atomic mass is 31.1. The first kappa shape index (κ1) is 32.4. The Morgan fingerprint density at radius 1 is 0.560 bits per heavy atom. The van der Waals surface area contributed by atoms with E-state index < -0.39 is 45.2 Å². The largest absolute Gasteiger partial charge is 0.399 e. The molecular formula is C41H43O8P. The van der Waals surface area contributed by atoms with Gasteiger partial charge in [0.1, 0.15) is 35.6 Å². The molecule has 3 heterocycles. The molecule has 8 nitrogen and oxygen atoms in total. The summed E-state index contributed by atoms with van der Waals surface area (Å²) < 4.78 is 52.5. The Hall–Kier alpha value is -3.46. The van der Waals surface area contributed by atoms with Gasteiger partial charge in [0, 0.05) is 29.0 Å². The molecular weight excluding hydrogens is 651 g/mol. The molecule has 50 heavy (non-hydrogen) atoms. The number of hydrogen-bond acceptors (Lipinski definition) is 8. The van der Waals surface area contributed by atoms with E-state index in [4.69, 9.17) is 36.6 Å². The van der Waals surface area contributed by atoms with Crippen LogP contribution < -0.4 is 4.52 Å². The summed E-state index contributed by atoms with van der Waals surface area (Å²) in [6.07, 6.45) is 5.77. The summed E-state index contributed by atoms with van der Waals surface area (Å²) in [5, 5.41) is 2.39. The van der Waals surface area contributed by atoms with Crippen LogP contribution in [-0.2, 0) is 49.4 Å². The Kier molecular flexibility index (Phi) is 9.27. The van der Waals surface area contributed by atoms with E-state index >= 15 is 0 Å². The van der Waals surface area contributed by atoms with Gasteiger partial charge >= 0.3 is 8.24 Å². The highest BCUT2D eigenvalue weighted by Crippen LogP contribution is 2.44. The van der Waals surface area contributed by atoms with Crippen molar-refractivity contribution in [3.63, 3.8) is 0 Å². The van der Waals surface area contributed by atoms with Gasteiger partial charge in [-0.1, -0.05) is 72.8 Å². The Bertz CT molecular complexity index is 1920. The van der Waals surface area contributed by atoms with Crippen molar-refractivity contribution in [2.24, 2.45) is 0 Å². The molecule has 2 fully saturated rings. The number of methoxy groups -OCH3 is 1. The molecule has 9 rings (SSSR count). The highest BCUT2D eigenvalue weighted by molar-refractivity contribution is 7.31. The number of ether oxygens (including phenoxy) is 5. The quantitative estimate of drug-likeness (QED) is 0.174. The van der Waals surface area contributed by atoms with Crippen molar-refractivity contribution in [2.45, 2.75) is 88.4 Å². The van der Waals surface area contributed by atoms with Crippen molar-refractivity contribution in [1.29, 1.82) is 0 Å². The van der Waals surface area contributed by atoms with Gasteiger partial charge in [-0.3, -0.25) is 4.52 Å². The highest BCUT2D eigenvalue weighted by Gasteiger charge is 2.47. The van der Waals surface area contributed by atoms with Crippen LogP contribution in [0, 0.1) is 0 Å². The number of benzene rings is 4. The molecule has 0 spiro atoms. The zero-order valence-corrected chi connectivity index (χ0v) is 29.2. The van der Waals surface area contributed by atoms with Crippen LogP contribution >= 0.6 is 8.24 Å². The monoisotopic (exact) mass is 694 g/mol. The molecule has 0 bridgehead atoms. The van der Waals surface area contributed by atoms with Crippen LogP contribution in [0.4, 0.5) is 0 Å². The van der Waals surface area contributed by atoms with E-state index in [1.54, 1.807) is 7.11 Å². The van der Waals surface area contributed by atoms with E-state index in [9.17, 15) is 0 Å². The van der Waals surface area contributed by atoms with Crippen LogP contribution in [0.3, 0.4) is 0 Å². The third-order valence-electron chi connectivity index (χ3n) is 10.7. The number of rotatable bonds is 6. The maximum absolute atomic E-state index is 6.89. The summed E-state index contributed by atoms with van der Waals surface area (Å²) in [6, 6.07) is 28.6. The molecule has 0 saturated carbocycles. The number of hydrogen-bond donors (Lipinski definition) is 0. The predicted octanol–water partition coefficient (Wildman–Crippen LogP) is 9.09. The minimum atomic E-state index is -1.90. The molecule has 5 aromatic rings. The van der Waals surface area contributed by atoms with Crippen LogP contribution in [0.1, 0.15) is 71.6 Å². The van der Waals surface area contributed by atoms with Gasteiger partial charge < -0.3 is 32.1 Å². The third-order valence-corrected chi connectivity index (χ3v) is 11.8. The van der Waals surface area contributed by atoms with Crippen molar-refractivity contribution >= 4 is 30.2 Å². The molecule has 6 atom stereocenters. The predicted molar refractivity (Wildman–Crippen MR) is 191 cm³/mol. The first-order chi connectivity index (χ1) is 24.7. The molecule has 2 aliphatic heterocycles. The second kappa shape index (κ2) is 14.3. The third kappa shape index (κ3) is 6.22. The van der Waals surface area contributed by atoms with Crippen molar-refractivity contribution < 1.29 is 36.6 Å². The van der Waals surface area contributed by atoms with Crippen LogP contribution in [0.5, 0.6) is 0 Å². The Morgan fingerprint density at radius 3 is 1.56 bits per heavy atom. The fourth-order valence-electron chi connectivity index (χ4n) is 8.18.